The third-order valence-corrected chi connectivity index (χ3v) is 4.60. The maximum atomic E-state index is 12.4. The average Bonchev–Trinajstić information content (AvgIpc) is 3.26. The molecule has 1 N–H and O–H groups in total. The van der Waals surface area contributed by atoms with Gasteiger partial charge in [-0.05, 0) is 26.0 Å². The summed E-state index contributed by atoms with van der Waals surface area (Å²) in [7, 11) is 0. The van der Waals surface area contributed by atoms with Crippen LogP contribution in [0.2, 0.25) is 0 Å². The zero-order valence-electron chi connectivity index (χ0n) is 12.9. The Morgan fingerprint density at radius 1 is 1.52 bits per heavy atom. The average molecular weight is 335 g/mol. The zero-order chi connectivity index (χ0) is 16.4. The second-order valence-corrected chi connectivity index (χ2v) is 6.32. The number of furan rings is 1. The highest BCUT2D eigenvalue weighted by atomic mass is 32.2. The van der Waals surface area contributed by atoms with Gasteiger partial charge in [-0.25, -0.2) is 4.79 Å². The van der Waals surface area contributed by atoms with Crippen LogP contribution in [0.3, 0.4) is 0 Å². The Balaban J connectivity index is 1.77. The number of rotatable bonds is 5. The second kappa shape index (κ2) is 6.45. The van der Waals surface area contributed by atoms with Crippen LogP contribution >= 0.6 is 11.8 Å². The van der Waals surface area contributed by atoms with Crippen LogP contribution in [-0.4, -0.2) is 49.9 Å². The van der Waals surface area contributed by atoms with Crippen molar-refractivity contribution in [3.8, 4) is 11.6 Å². The first-order chi connectivity index (χ1) is 11.1. The summed E-state index contributed by atoms with van der Waals surface area (Å²) in [6.45, 7) is 5.28. The standard InChI is InChI=1S/C14H17N5O3S/c1-3-18-11(10-5-4-8-22-10)16-17-14(18)23-9(2)12(20)19-7-6-15-13(19)21/h4-5,8-9H,3,6-7H2,1-2H3,(H,15,21). The third kappa shape index (κ3) is 2.96. The number of aromatic nitrogens is 3. The number of imide groups is 1. The van der Waals surface area contributed by atoms with E-state index in [2.05, 4.69) is 15.5 Å². The van der Waals surface area contributed by atoms with Crippen LogP contribution in [0.4, 0.5) is 4.79 Å². The van der Waals surface area contributed by atoms with Gasteiger partial charge in [0.2, 0.25) is 5.91 Å². The predicted molar refractivity (Wildman–Crippen MR) is 83.8 cm³/mol. The quantitative estimate of drug-likeness (QED) is 0.834. The Labute approximate surface area is 137 Å². The molecule has 2 aromatic heterocycles. The lowest BCUT2D eigenvalue weighted by molar-refractivity contribution is -0.126. The summed E-state index contributed by atoms with van der Waals surface area (Å²) in [5.41, 5.74) is 0. The SMILES string of the molecule is CCn1c(SC(C)C(=O)N2CCNC2=O)nnc1-c1ccco1. The van der Waals surface area contributed by atoms with Gasteiger partial charge in [-0.1, -0.05) is 11.8 Å². The minimum atomic E-state index is -0.433. The lowest BCUT2D eigenvalue weighted by Gasteiger charge is -2.17. The number of thioether (sulfide) groups is 1. The van der Waals surface area contributed by atoms with Crippen molar-refractivity contribution in [2.24, 2.45) is 0 Å². The Bertz CT molecular complexity index is 712. The number of carbonyl (C=O) groups is 2. The molecular formula is C14H17N5O3S. The zero-order valence-corrected chi connectivity index (χ0v) is 13.7. The molecule has 0 saturated carbocycles. The maximum absolute atomic E-state index is 12.4. The third-order valence-electron chi connectivity index (χ3n) is 3.53. The highest BCUT2D eigenvalue weighted by Crippen LogP contribution is 2.27. The molecule has 3 rings (SSSR count). The van der Waals surface area contributed by atoms with Crippen LogP contribution in [0.25, 0.3) is 11.6 Å². The molecule has 0 aliphatic carbocycles. The Morgan fingerprint density at radius 2 is 2.35 bits per heavy atom. The fourth-order valence-electron chi connectivity index (χ4n) is 2.36. The van der Waals surface area contributed by atoms with Crippen molar-refractivity contribution in [2.75, 3.05) is 13.1 Å². The monoisotopic (exact) mass is 335 g/mol. The molecule has 0 aromatic carbocycles. The van der Waals surface area contributed by atoms with Crippen molar-refractivity contribution in [1.82, 2.24) is 25.0 Å². The summed E-state index contributed by atoms with van der Waals surface area (Å²) < 4.78 is 7.25. The Hall–Kier alpha value is -2.29. The molecule has 122 valence electrons. The fourth-order valence-corrected chi connectivity index (χ4v) is 3.33. The van der Waals surface area contributed by atoms with Crippen LogP contribution in [0.1, 0.15) is 13.8 Å². The van der Waals surface area contributed by atoms with Crippen LogP contribution in [0, 0.1) is 0 Å². The molecule has 1 aliphatic rings. The first-order valence-corrected chi connectivity index (χ1v) is 8.22. The molecule has 1 atom stereocenters. The molecule has 0 spiro atoms. The van der Waals surface area contributed by atoms with Crippen molar-refractivity contribution in [3.05, 3.63) is 18.4 Å². The van der Waals surface area contributed by atoms with Gasteiger partial charge in [0.05, 0.1) is 11.5 Å². The van der Waals surface area contributed by atoms with Gasteiger partial charge in [0.15, 0.2) is 16.7 Å². The molecule has 3 amide bonds. The molecule has 0 bridgehead atoms. The lowest BCUT2D eigenvalue weighted by Crippen LogP contribution is -2.39. The van der Waals surface area contributed by atoms with Gasteiger partial charge in [-0.2, -0.15) is 0 Å². The van der Waals surface area contributed by atoms with E-state index in [0.717, 1.165) is 0 Å². The summed E-state index contributed by atoms with van der Waals surface area (Å²) in [5, 5.41) is 11.1. The Kier molecular flexibility index (Phi) is 4.37. The fraction of sp³-hybridized carbons (Fsp3) is 0.429. The minimum Gasteiger partial charge on any atom is -0.461 e. The summed E-state index contributed by atoms with van der Waals surface area (Å²) in [5.74, 6) is 1.03. The topological polar surface area (TPSA) is 93.3 Å². The van der Waals surface area contributed by atoms with Gasteiger partial charge >= 0.3 is 6.03 Å². The number of hydrogen-bond donors (Lipinski definition) is 1. The smallest absolute Gasteiger partial charge is 0.324 e. The van der Waals surface area contributed by atoms with Gasteiger partial charge in [-0.3, -0.25) is 14.3 Å². The van der Waals surface area contributed by atoms with E-state index in [9.17, 15) is 9.59 Å². The first kappa shape index (κ1) is 15.6. The van der Waals surface area contributed by atoms with Crippen LogP contribution in [0.5, 0.6) is 0 Å². The van der Waals surface area contributed by atoms with Crippen molar-refractivity contribution in [3.63, 3.8) is 0 Å². The number of amides is 3. The molecule has 2 aromatic rings. The number of nitrogens with one attached hydrogen (secondary N) is 1. The van der Waals surface area contributed by atoms with Crippen molar-refractivity contribution in [2.45, 2.75) is 30.8 Å². The van der Waals surface area contributed by atoms with Gasteiger partial charge in [0.1, 0.15) is 0 Å². The minimum absolute atomic E-state index is 0.227. The highest BCUT2D eigenvalue weighted by Gasteiger charge is 2.31. The number of carbonyl (C=O) groups excluding carboxylic acids is 2. The molecule has 8 nitrogen and oxygen atoms in total. The van der Waals surface area contributed by atoms with Crippen molar-refractivity contribution >= 4 is 23.7 Å². The van der Waals surface area contributed by atoms with E-state index < -0.39 is 5.25 Å². The van der Waals surface area contributed by atoms with E-state index in [0.29, 0.717) is 36.4 Å². The van der Waals surface area contributed by atoms with Gasteiger partial charge in [0, 0.05) is 19.6 Å². The predicted octanol–water partition coefficient (Wildman–Crippen LogP) is 1.59. The number of urea groups is 1. The molecule has 1 fully saturated rings. The van der Waals surface area contributed by atoms with Crippen LogP contribution in [-0.2, 0) is 11.3 Å². The van der Waals surface area contributed by atoms with Crippen LogP contribution in [0.15, 0.2) is 28.0 Å². The summed E-state index contributed by atoms with van der Waals surface area (Å²) in [6, 6.07) is 3.26. The summed E-state index contributed by atoms with van der Waals surface area (Å²) in [4.78, 5) is 25.2. The molecule has 1 saturated heterocycles. The van der Waals surface area contributed by atoms with Crippen molar-refractivity contribution in [1.29, 1.82) is 0 Å². The largest absolute Gasteiger partial charge is 0.461 e. The van der Waals surface area contributed by atoms with E-state index in [1.54, 1.807) is 19.3 Å². The van der Waals surface area contributed by atoms with Crippen LogP contribution < -0.4 is 5.32 Å². The van der Waals surface area contributed by atoms with Gasteiger partial charge < -0.3 is 9.73 Å². The number of nitrogens with zero attached hydrogens (tertiary/aromatic N) is 4. The van der Waals surface area contributed by atoms with Gasteiger partial charge in [0.25, 0.3) is 0 Å². The summed E-state index contributed by atoms with van der Waals surface area (Å²) >= 11 is 1.29. The molecule has 3 heterocycles. The van der Waals surface area contributed by atoms with E-state index in [-0.39, 0.29) is 11.9 Å². The van der Waals surface area contributed by atoms with E-state index in [1.807, 2.05) is 17.6 Å². The number of hydrogen-bond acceptors (Lipinski definition) is 6. The normalized spacial score (nSPS) is 15.7. The summed E-state index contributed by atoms with van der Waals surface area (Å²) in [6.07, 6.45) is 1.58. The second-order valence-electron chi connectivity index (χ2n) is 5.01. The highest BCUT2D eigenvalue weighted by molar-refractivity contribution is 8.00. The first-order valence-electron chi connectivity index (χ1n) is 7.34. The van der Waals surface area contributed by atoms with Gasteiger partial charge in [-0.15, -0.1) is 10.2 Å². The Morgan fingerprint density at radius 3 is 2.96 bits per heavy atom. The van der Waals surface area contributed by atoms with E-state index in [4.69, 9.17) is 4.42 Å². The molecule has 23 heavy (non-hydrogen) atoms. The molecule has 1 aliphatic heterocycles. The molecule has 1 unspecified atom stereocenters. The van der Waals surface area contributed by atoms with E-state index in [1.165, 1.54) is 16.7 Å². The maximum Gasteiger partial charge on any atom is 0.324 e. The molecule has 9 heteroatoms. The lowest BCUT2D eigenvalue weighted by atomic mass is 10.4. The van der Waals surface area contributed by atoms with Crippen molar-refractivity contribution < 1.29 is 14.0 Å². The van der Waals surface area contributed by atoms with E-state index >= 15 is 0 Å². The molecule has 0 radical (unpaired) electrons. The molecular weight excluding hydrogens is 318 g/mol.